The van der Waals surface area contributed by atoms with Gasteiger partial charge in [-0.3, -0.25) is 9.48 Å². The number of carbonyl (C=O) groups excluding carboxylic acids is 1. The minimum Gasteiger partial charge on any atom is -0.382 e. The highest BCUT2D eigenvalue weighted by molar-refractivity contribution is 5.95. The summed E-state index contributed by atoms with van der Waals surface area (Å²) in [6.45, 7) is 3.13. The molecule has 3 rings (SSSR count). The molecule has 0 aliphatic carbocycles. The Morgan fingerprint density at radius 2 is 2.07 bits per heavy atom. The van der Waals surface area contributed by atoms with Crippen molar-refractivity contribution < 1.29 is 9.53 Å². The summed E-state index contributed by atoms with van der Waals surface area (Å²) < 4.78 is 6.99. The third-order valence-corrected chi connectivity index (χ3v) is 4.30. The van der Waals surface area contributed by atoms with Crippen molar-refractivity contribution in [3.8, 4) is 11.3 Å². The number of anilines is 1. The van der Waals surface area contributed by atoms with E-state index in [4.69, 9.17) is 4.74 Å². The molecule has 2 N–H and O–H groups in total. The minimum absolute atomic E-state index is 0.192. The first-order valence-corrected chi connectivity index (χ1v) is 9.08. The highest BCUT2D eigenvalue weighted by Gasteiger charge is 2.19. The van der Waals surface area contributed by atoms with Crippen LogP contribution in [0, 0.1) is 0 Å². The highest BCUT2D eigenvalue weighted by atomic mass is 16.5. The van der Waals surface area contributed by atoms with Gasteiger partial charge in [0.2, 0.25) is 0 Å². The maximum atomic E-state index is 12.8. The normalized spacial score (nSPS) is 11.8. The molecule has 0 spiro atoms. The summed E-state index contributed by atoms with van der Waals surface area (Å²) in [6.07, 6.45) is 1.69. The van der Waals surface area contributed by atoms with Gasteiger partial charge in [-0.15, -0.1) is 10.2 Å². The molecule has 0 saturated carbocycles. The van der Waals surface area contributed by atoms with Gasteiger partial charge in [0, 0.05) is 38.0 Å². The van der Waals surface area contributed by atoms with Crippen LogP contribution in [0.25, 0.3) is 11.3 Å². The average Bonchev–Trinajstić information content (AvgIpc) is 3.14. The van der Waals surface area contributed by atoms with E-state index in [1.165, 1.54) is 0 Å². The molecule has 2 heterocycles. The number of methoxy groups -OCH3 is 1. The molecule has 28 heavy (non-hydrogen) atoms. The lowest BCUT2D eigenvalue weighted by Crippen LogP contribution is -2.32. The second kappa shape index (κ2) is 9.09. The summed E-state index contributed by atoms with van der Waals surface area (Å²) in [5.41, 5.74) is 2.94. The van der Waals surface area contributed by atoms with Gasteiger partial charge in [0.05, 0.1) is 24.0 Å². The molecule has 0 unspecified atom stereocenters. The molecular formula is C20H24N6O2. The molecule has 0 bridgehead atoms. The van der Waals surface area contributed by atoms with Crippen LogP contribution in [-0.2, 0) is 11.8 Å². The summed E-state index contributed by atoms with van der Waals surface area (Å²) in [6, 6.07) is 12.6. The van der Waals surface area contributed by atoms with Gasteiger partial charge in [-0.1, -0.05) is 12.1 Å². The number of carbonyl (C=O) groups is 1. The third-order valence-electron chi connectivity index (χ3n) is 4.30. The number of benzene rings is 1. The summed E-state index contributed by atoms with van der Waals surface area (Å²) in [7, 11) is 3.44. The van der Waals surface area contributed by atoms with Crippen LogP contribution in [0.4, 0.5) is 5.82 Å². The number of hydrogen-bond donors (Lipinski definition) is 2. The first-order chi connectivity index (χ1) is 13.6. The lowest BCUT2D eigenvalue weighted by atomic mass is 10.1. The van der Waals surface area contributed by atoms with E-state index < -0.39 is 0 Å². The van der Waals surface area contributed by atoms with Crippen molar-refractivity contribution in [2.45, 2.75) is 13.0 Å². The van der Waals surface area contributed by atoms with Crippen molar-refractivity contribution in [1.29, 1.82) is 0 Å². The fourth-order valence-electron chi connectivity index (χ4n) is 2.92. The molecule has 1 atom stereocenters. The first kappa shape index (κ1) is 19.5. The Balaban J connectivity index is 1.78. The van der Waals surface area contributed by atoms with E-state index in [1.807, 2.05) is 44.3 Å². The largest absolute Gasteiger partial charge is 0.382 e. The lowest BCUT2D eigenvalue weighted by Gasteiger charge is -2.18. The Bertz CT molecular complexity index is 922. The average molecular weight is 380 g/mol. The van der Waals surface area contributed by atoms with Crippen LogP contribution in [0.1, 0.15) is 29.0 Å². The predicted octanol–water partition coefficient (Wildman–Crippen LogP) is 2.43. The van der Waals surface area contributed by atoms with E-state index in [0.29, 0.717) is 17.9 Å². The van der Waals surface area contributed by atoms with E-state index in [2.05, 4.69) is 25.9 Å². The van der Waals surface area contributed by atoms with Gasteiger partial charge in [0.25, 0.3) is 5.91 Å². The van der Waals surface area contributed by atoms with Crippen molar-refractivity contribution in [3.63, 3.8) is 0 Å². The van der Waals surface area contributed by atoms with Crippen LogP contribution in [0.2, 0.25) is 0 Å². The number of hydrogen-bond acceptors (Lipinski definition) is 6. The van der Waals surface area contributed by atoms with Gasteiger partial charge in [0.15, 0.2) is 0 Å². The molecule has 1 amide bonds. The zero-order chi connectivity index (χ0) is 19.9. The van der Waals surface area contributed by atoms with E-state index in [0.717, 1.165) is 23.6 Å². The second-order valence-corrected chi connectivity index (χ2v) is 6.28. The smallest absolute Gasteiger partial charge is 0.251 e. The highest BCUT2D eigenvalue weighted by Crippen LogP contribution is 2.20. The molecule has 0 aliphatic heterocycles. The monoisotopic (exact) mass is 380 g/mol. The quantitative estimate of drug-likeness (QED) is 0.623. The SMILES string of the molecule is CCNc1ccc(-c2cccc(C(=O)N[C@H](COC)c3ccnn3C)c2)nn1. The number of amides is 1. The Hall–Kier alpha value is -3.26. The Labute approximate surface area is 163 Å². The van der Waals surface area contributed by atoms with Gasteiger partial charge in [0.1, 0.15) is 5.82 Å². The Morgan fingerprint density at radius 3 is 2.71 bits per heavy atom. The van der Waals surface area contributed by atoms with Gasteiger partial charge >= 0.3 is 0 Å². The maximum absolute atomic E-state index is 12.8. The number of nitrogens with one attached hydrogen (secondary N) is 2. The molecule has 0 radical (unpaired) electrons. The molecule has 2 aromatic heterocycles. The van der Waals surface area contributed by atoms with E-state index in [1.54, 1.807) is 30.1 Å². The molecule has 0 saturated heterocycles. The summed E-state index contributed by atoms with van der Waals surface area (Å²) in [5.74, 6) is 0.529. The van der Waals surface area contributed by atoms with Crippen LogP contribution in [-0.4, -0.2) is 46.1 Å². The van der Waals surface area contributed by atoms with E-state index in [-0.39, 0.29) is 11.9 Å². The predicted molar refractivity (Wildman–Crippen MR) is 107 cm³/mol. The summed E-state index contributed by atoms with van der Waals surface area (Å²) in [5, 5.41) is 18.7. The van der Waals surface area contributed by atoms with Crippen molar-refractivity contribution >= 4 is 11.7 Å². The van der Waals surface area contributed by atoms with Crippen LogP contribution in [0.15, 0.2) is 48.7 Å². The topological polar surface area (TPSA) is 94.0 Å². The van der Waals surface area contributed by atoms with Crippen molar-refractivity contribution in [2.24, 2.45) is 7.05 Å². The van der Waals surface area contributed by atoms with E-state index in [9.17, 15) is 4.79 Å². The molecule has 0 fully saturated rings. The fourth-order valence-corrected chi connectivity index (χ4v) is 2.92. The third kappa shape index (κ3) is 4.52. The number of ether oxygens (including phenoxy) is 1. The minimum atomic E-state index is -0.298. The number of aryl methyl sites for hydroxylation is 1. The fraction of sp³-hybridized carbons (Fsp3) is 0.300. The second-order valence-electron chi connectivity index (χ2n) is 6.28. The maximum Gasteiger partial charge on any atom is 0.251 e. The number of aromatic nitrogens is 4. The van der Waals surface area contributed by atoms with Gasteiger partial charge in [-0.25, -0.2) is 0 Å². The van der Waals surface area contributed by atoms with E-state index >= 15 is 0 Å². The van der Waals surface area contributed by atoms with Crippen LogP contribution >= 0.6 is 0 Å². The molecule has 8 nitrogen and oxygen atoms in total. The standard InChI is InChI=1S/C20H24N6O2/c1-4-21-19-9-8-16(24-25-19)14-6-5-7-15(12-14)20(27)23-17(13-28-3)18-10-11-22-26(18)2/h5-12,17H,4,13H2,1-3H3,(H,21,25)(H,23,27)/t17-/m1/s1. The zero-order valence-electron chi connectivity index (χ0n) is 16.2. The van der Waals surface area contributed by atoms with Crippen LogP contribution in [0.5, 0.6) is 0 Å². The Morgan fingerprint density at radius 1 is 1.21 bits per heavy atom. The van der Waals surface area contributed by atoms with Crippen molar-refractivity contribution in [1.82, 2.24) is 25.3 Å². The summed E-state index contributed by atoms with van der Waals surface area (Å²) in [4.78, 5) is 12.8. The van der Waals surface area contributed by atoms with Crippen molar-refractivity contribution in [3.05, 3.63) is 59.9 Å². The van der Waals surface area contributed by atoms with Gasteiger partial charge < -0.3 is 15.4 Å². The lowest BCUT2D eigenvalue weighted by molar-refractivity contribution is 0.0892. The number of rotatable bonds is 8. The number of nitrogens with zero attached hydrogens (tertiary/aromatic N) is 4. The van der Waals surface area contributed by atoms with Crippen LogP contribution in [0.3, 0.4) is 0 Å². The van der Waals surface area contributed by atoms with Crippen LogP contribution < -0.4 is 10.6 Å². The molecule has 146 valence electrons. The zero-order valence-corrected chi connectivity index (χ0v) is 16.2. The van der Waals surface area contributed by atoms with Gasteiger partial charge in [-0.05, 0) is 37.3 Å². The molecule has 0 aliphatic rings. The first-order valence-electron chi connectivity index (χ1n) is 9.08. The Kier molecular flexibility index (Phi) is 6.33. The molecular weight excluding hydrogens is 356 g/mol. The summed E-state index contributed by atoms with van der Waals surface area (Å²) >= 11 is 0. The molecule has 1 aromatic carbocycles. The molecule has 3 aromatic rings. The van der Waals surface area contributed by atoms with Crippen molar-refractivity contribution in [2.75, 3.05) is 25.6 Å². The van der Waals surface area contributed by atoms with Gasteiger partial charge in [-0.2, -0.15) is 5.10 Å². The molecule has 8 heteroatoms.